The zero-order valence-electron chi connectivity index (χ0n) is 10.8. The van der Waals surface area contributed by atoms with Crippen LogP contribution in [0.4, 0.5) is 0 Å². The Balaban J connectivity index is 0.00000162. The number of hydrogen-bond acceptors (Lipinski definition) is 5. The van der Waals surface area contributed by atoms with Gasteiger partial charge in [0.2, 0.25) is 0 Å². The predicted molar refractivity (Wildman–Crippen MR) is 81.0 cm³/mol. The summed E-state index contributed by atoms with van der Waals surface area (Å²) in [7, 11) is 3.94. The summed E-state index contributed by atoms with van der Waals surface area (Å²) in [6.45, 7) is 0.420. The van der Waals surface area contributed by atoms with E-state index < -0.39 is 0 Å². The van der Waals surface area contributed by atoms with Gasteiger partial charge >= 0.3 is 0 Å². The average Bonchev–Trinajstić information content (AvgIpc) is 2.87. The molecule has 0 aliphatic rings. The number of aryl methyl sites for hydroxylation is 2. The third kappa shape index (κ3) is 4.38. The van der Waals surface area contributed by atoms with Gasteiger partial charge in [-0.3, -0.25) is 0 Å². The van der Waals surface area contributed by atoms with E-state index in [1.54, 1.807) is 11.8 Å². The van der Waals surface area contributed by atoms with Crippen LogP contribution >= 0.6 is 36.6 Å². The summed E-state index contributed by atoms with van der Waals surface area (Å²) in [4.78, 5) is 4.28. The van der Waals surface area contributed by atoms with E-state index in [1.165, 1.54) is 0 Å². The lowest BCUT2D eigenvalue weighted by Gasteiger charge is -2.02. The molecule has 0 aliphatic carbocycles. The summed E-state index contributed by atoms with van der Waals surface area (Å²) >= 11 is 1.67. The van der Waals surface area contributed by atoms with Crippen molar-refractivity contribution in [2.45, 2.75) is 18.1 Å². The number of rotatable bonds is 5. The maximum absolute atomic E-state index is 5.54. The molecule has 6 nitrogen and oxygen atoms in total. The Hall–Kier alpha value is -0.760. The Kier molecular flexibility index (Phi) is 8.08. The van der Waals surface area contributed by atoms with Crippen molar-refractivity contribution in [2.75, 3.05) is 5.75 Å². The van der Waals surface area contributed by atoms with E-state index in [1.807, 2.05) is 35.6 Å². The molecule has 0 amide bonds. The van der Waals surface area contributed by atoms with E-state index in [-0.39, 0.29) is 24.8 Å². The number of halogens is 2. The normalized spacial score (nSPS) is 9.84. The minimum absolute atomic E-state index is 0. The topological polar surface area (TPSA) is 74.6 Å². The predicted octanol–water partition coefficient (Wildman–Crippen LogP) is 1.19. The fourth-order valence-corrected chi connectivity index (χ4v) is 2.38. The molecule has 0 saturated carbocycles. The fraction of sp³-hybridized carbons (Fsp3) is 0.500. The maximum atomic E-state index is 5.54. The minimum atomic E-state index is 0. The van der Waals surface area contributed by atoms with Gasteiger partial charge < -0.3 is 14.9 Å². The monoisotopic (exact) mass is 324 g/mol. The van der Waals surface area contributed by atoms with Gasteiger partial charge in [0, 0.05) is 38.7 Å². The summed E-state index contributed by atoms with van der Waals surface area (Å²) in [5, 5.41) is 9.01. The average molecular weight is 325 g/mol. The largest absolute Gasteiger partial charge is 0.338 e. The maximum Gasteiger partial charge on any atom is 0.190 e. The minimum Gasteiger partial charge on any atom is -0.338 e. The highest BCUT2D eigenvalue weighted by Gasteiger charge is 2.08. The molecule has 9 heteroatoms. The van der Waals surface area contributed by atoms with Crippen molar-refractivity contribution < 1.29 is 0 Å². The van der Waals surface area contributed by atoms with Gasteiger partial charge in [-0.1, -0.05) is 11.8 Å². The second-order valence-electron chi connectivity index (χ2n) is 3.71. The van der Waals surface area contributed by atoms with Gasteiger partial charge in [0.25, 0.3) is 0 Å². The molecule has 0 aliphatic heterocycles. The molecule has 2 aromatic heterocycles. The molecule has 2 aromatic rings. The van der Waals surface area contributed by atoms with Crippen LogP contribution in [0, 0.1) is 0 Å². The van der Waals surface area contributed by atoms with Crippen molar-refractivity contribution in [2.24, 2.45) is 19.8 Å². The van der Waals surface area contributed by atoms with Crippen molar-refractivity contribution in [1.29, 1.82) is 0 Å². The van der Waals surface area contributed by atoms with Crippen LogP contribution in [-0.2, 0) is 27.1 Å². The molecular weight excluding hydrogens is 307 g/mol. The lowest BCUT2D eigenvalue weighted by molar-refractivity contribution is 0.733. The summed E-state index contributed by atoms with van der Waals surface area (Å²) < 4.78 is 3.96. The third-order valence-electron chi connectivity index (χ3n) is 2.59. The van der Waals surface area contributed by atoms with Crippen LogP contribution in [0.1, 0.15) is 11.6 Å². The zero-order valence-corrected chi connectivity index (χ0v) is 13.3. The number of nitrogens with two attached hydrogens (primary N) is 1. The summed E-state index contributed by atoms with van der Waals surface area (Å²) in [5.41, 5.74) is 5.54. The Morgan fingerprint density at radius 1 is 1.21 bits per heavy atom. The van der Waals surface area contributed by atoms with Gasteiger partial charge in [-0.25, -0.2) is 4.98 Å². The molecule has 0 aromatic carbocycles. The molecular formula is C10H18Cl2N6S. The second kappa shape index (κ2) is 8.42. The molecule has 0 saturated heterocycles. The Morgan fingerprint density at radius 3 is 2.47 bits per heavy atom. The SMILES string of the molecule is Cl.Cl.Cn1ccnc1CCSc1nnc(CN)n1C. The fourth-order valence-electron chi connectivity index (χ4n) is 1.52. The standard InChI is InChI=1S/C10H16N6S.2ClH/c1-15-5-4-12-8(15)3-6-17-10-14-13-9(7-11)16(10)2;;/h4-5H,3,6-7,11H2,1-2H3;2*1H. The number of hydrogen-bond donors (Lipinski definition) is 1. The number of aromatic nitrogens is 5. The Bertz CT molecular complexity index is 498. The molecule has 0 fully saturated rings. The first-order valence-electron chi connectivity index (χ1n) is 5.39. The van der Waals surface area contributed by atoms with Crippen LogP contribution in [0.15, 0.2) is 17.6 Å². The van der Waals surface area contributed by atoms with Crippen LogP contribution < -0.4 is 5.73 Å². The van der Waals surface area contributed by atoms with E-state index in [0.717, 1.165) is 29.0 Å². The molecule has 2 N–H and O–H groups in total. The summed E-state index contributed by atoms with van der Waals surface area (Å²) in [6.07, 6.45) is 4.68. The van der Waals surface area contributed by atoms with Gasteiger partial charge in [0.1, 0.15) is 11.6 Å². The molecule has 0 unspecified atom stereocenters. The highest BCUT2D eigenvalue weighted by atomic mass is 35.5. The van der Waals surface area contributed by atoms with Crippen LogP contribution in [-0.4, -0.2) is 30.1 Å². The number of nitrogens with zero attached hydrogens (tertiary/aromatic N) is 5. The molecule has 108 valence electrons. The van der Waals surface area contributed by atoms with Gasteiger partial charge in [0.05, 0.1) is 6.54 Å². The quantitative estimate of drug-likeness (QED) is 0.836. The number of thioether (sulfide) groups is 1. The van der Waals surface area contributed by atoms with E-state index in [4.69, 9.17) is 5.73 Å². The van der Waals surface area contributed by atoms with Crippen molar-refractivity contribution in [3.05, 3.63) is 24.0 Å². The van der Waals surface area contributed by atoms with Crippen LogP contribution in [0.25, 0.3) is 0 Å². The lowest BCUT2D eigenvalue weighted by Crippen LogP contribution is -2.05. The Morgan fingerprint density at radius 2 is 1.95 bits per heavy atom. The summed E-state index contributed by atoms with van der Waals surface area (Å²) in [5.74, 6) is 2.82. The van der Waals surface area contributed by atoms with Crippen molar-refractivity contribution in [3.8, 4) is 0 Å². The van der Waals surface area contributed by atoms with Crippen LogP contribution in [0.3, 0.4) is 0 Å². The van der Waals surface area contributed by atoms with Crippen molar-refractivity contribution in [1.82, 2.24) is 24.3 Å². The number of imidazole rings is 1. The first kappa shape index (κ1) is 18.2. The van der Waals surface area contributed by atoms with E-state index in [2.05, 4.69) is 15.2 Å². The van der Waals surface area contributed by atoms with E-state index in [0.29, 0.717) is 6.54 Å². The van der Waals surface area contributed by atoms with Crippen molar-refractivity contribution in [3.63, 3.8) is 0 Å². The zero-order chi connectivity index (χ0) is 12.3. The van der Waals surface area contributed by atoms with Gasteiger partial charge in [-0.05, 0) is 0 Å². The summed E-state index contributed by atoms with van der Waals surface area (Å²) in [6, 6.07) is 0. The highest BCUT2D eigenvalue weighted by Crippen LogP contribution is 2.16. The first-order valence-corrected chi connectivity index (χ1v) is 6.38. The van der Waals surface area contributed by atoms with Gasteiger partial charge in [-0.15, -0.1) is 35.0 Å². The molecule has 0 radical (unpaired) electrons. The molecule has 2 heterocycles. The van der Waals surface area contributed by atoms with Gasteiger partial charge in [-0.2, -0.15) is 0 Å². The molecule has 2 rings (SSSR count). The van der Waals surface area contributed by atoms with E-state index >= 15 is 0 Å². The molecule has 19 heavy (non-hydrogen) atoms. The lowest BCUT2D eigenvalue weighted by atomic mass is 10.4. The highest BCUT2D eigenvalue weighted by molar-refractivity contribution is 7.99. The van der Waals surface area contributed by atoms with Gasteiger partial charge in [0.15, 0.2) is 5.16 Å². The smallest absolute Gasteiger partial charge is 0.190 e. The second-order valence-corrected chi connectivity index (χ2v) is 4.78. The van der Waals surface area contributed by atoms with E-state index in [9.17, 15) is 0 Å². The van der Waals surface area contributed by atoms with Crippen LogP contribution in [0.5, 0.6) is 0 Å². The Labute approximate surface area is 129 Å². The first-order chi connectivity index (χ1) is 8.22. The third-order valence-corrected chi connectivity index (χ3v) is 3.61. The molecule has 0 bridgehead atoms. The molecule has 0 spiro atoms. The molecule has 0 atom stereocenters. The van der Waals surface area contributed by atoms with Crippen molar-refractivity contribution >= 4 is 36.6 Å². The van der Waals surface area contributed by atoms with Crippen LogP contribution in [0.2, 0.25) is 0 Å².